The predicted octanol–water partition coefficient (Wildman–Crippen LogP) is -4.98. The molecule has 0 heterocycles. The predicted molar refractivity (Wildman–Crippen MR) is 50.3 cm³/mol. The van der Waals surface area contributed by atoms with E-state index in [0.717, 1.165) is 0 Å². The quantitative estimate of drug-likeness (QED) is 0.481. The van der Waals surface area contributed by atoms with Crippen molar-refractivity contribution in [2.75, 3.05) is 18.5 Å². The Labute approximate surface area is 113 Å². The first kappa shape index (κ1) is 15.3. The molecule has 0 aliphatic heterocycles. The fourth-order valence-electron chi connectivity index (χ4n) is 0.968. The monoisotopic (exact) mass is 283 g/mol. The molecule has 1 atom stereocenters. The van der Waals surface area contributed by atoms with Gasteiger partial charge in [-0.3, -0.25) is 0 Å². The van der Waals surface area contributed by atoms with E-state index in [1.165, 1.54) is 24.3 Å². The Morgan fingerprint density at radius 2 is 1.87 bits per heavy atom. The van der Waals surface area contributed by atoms with Gasteiger partial charge in [0, 0.05) is 0 Å². The van der Waals surface area contributed by atoms with Crippen molar-refractivity contribution in [2.24, 2.45) is 0 Å². The van der Waals surface area contributed by atoms with Gasteiger partial charge in [0.25, 0.3) is 0 Å². The van der Waals surface area contributed by atoms with Crippen molar-refractivity contribution in [3.05, 3.63) is 24.3 Å². The van der Waals surface area contributed by atoms with Crippen LogP contribution in [0, 0.1) is 0 Å². The number of rotatable bonds is 4. The third-order valence-electron chi connectivity index (χ3n) is 1.63. The Balaban J connectivity index is 0.00000196. The van der Waals surface area contributed by atoms with E-state index in [2.05, 4.69) is 5.32 Å². The van der Waals surface area contributed by atoms with Crippen LogP contribution in [0.3, 0.4) is 0 Å². The number of benzene rings is 1. The second-order valence-electron chi connectivity index (χ2n) is 2.72. The van der Waals surface area contributed by atoms with E-state index in [4.69, 9.17) is 9.20 Å². The summed E-state index contributed by atoms with van der Waals surface area (Å²) in [5.74, 6) is 0. The number of anilines is 1. The number of aliphatic hydroxyl groups excluding tert-OH is 1. The molecule has 0 spiro atoms. The van der Waals surface area contributed by atoms with Crippen LogP contribution in [0.15, 0.2) is 24.3 Å². The van der Waals surface area contributed by atoms with Gasteiger partial charge in [-0.1, -0.05) is 0 Å². The number of hydrogen-bond donors (Lipinski definition) is 3. The van der Waals surface area contributed by atoms with E-state index in [1.54, 1.807) is 0 Å². The molecule has 0 saturated carbocycles. The fourth-order valence-corrected chi connectivity index (χ4v) is 2.07. The molecule has 15 heavy (non-hydrogen) atoms. The smallest absolute Gasteiger partial charge is 1.00 e. The molecule has 0 amide bonds. The molecule has 78 valence electrons. The van der Waals surface area contributed by atoms with Crippen LogP contribution in [-0.2, 0) is 3.74 Å². The summed E-state index contributed by atoms with van der Waals surface area (Å²) in [7, 11) is 0. The van der Waals surface area contributed by atoms with E-state index in [0.29, 0.717) is 12.2 Å². The molecule has 0 aromatic heterocycles. The Morgan fingerprint density at radius 3 is 2.27 bits per heavy atom. The average Bonchev–Trinajstić information content (AvgIpc) is 2.14. The molecule has 0 fully saturated rings. The first-order chi connectivity index (χ1) is 6.54. The molecule has 0 bridgehead atoms. The van der Waals surface area contributed by atoms with Gasteiger partial charge in [0.15, 0.2) is 0 Å². The van der Waals surface area contributed by atoms with Crippen LogP contribution in [0.25, 0.3) is 0 Å². The Kier molecular flexibility index (Phi) is 6.87. The molecule has 0 aliphatic carbocycles. The van der Waals surface area contributed by atoms with Gasteiger partial charge in [-0.2, -0.15) is 0 Å². The third kappa shape index (κ3) is 5.22. The maximum atomic E-state index is 10.7. The van der Waals surface area contributed by atoms with Crippen LogP contribution in [0.5, 0.6) is 0 Å². The molecule has 1 aromatic rings. The molecule has 5 nitrogen and oxygen atoms in total. The van der Waals surface area contributed by atoms with Gasteiger partial charge in [-0.05, 0) is 0 Å². The average molecular weight is 283 g/mol. The van der Waals surface area contributed by atoms with E-state index >= 15 is 0 Å². The van der Waals surface area contributed by atoms with Crippen molar-refractivity contribution in [3.8, 4) is 0 Å². The molecule has 1 unspecified atom stereocenters. The fraction of sp³-hybridized carbons (Fsp3) is 0.250. The zero-order valence-electron chi connectivity index (χ0n) is 8.38. The van der Waals surface area contributed by atoms with E-state index in [9.17, 15) is 7.84 Å². The van der Waals surface area contributed by atoms with Crippen LogP contribution in [0.2, 0.25) is 0 Å². The summed E-state index contributed by atoms with van der Waals surface area (Å²) < 4.78 is 30.2. The first-order valence-corrected chi connectivity index (χ1v) is 7.34. The summed E-state index contributed by atoms with van der Waals surface area (Å²) in [6.07, 6.45) is 0. The first-order valence-electron chi connectivity index (χ1n) is 4.03. The van der Waals surface area contributed by atoms with E-state index in [-0.39, 0.29) is 40.5 Å². The minimum Gasteiger partial charge on any atom is 1.00 e. The van der Waals surface area contributed by atoms with Crippen LogP contribution in [-0.4, -0.2) is 36.5 Å². The molecule has 1 aromatic carbocycles. The molecule has 0 radical (unpaired) electrons. The standard InChI is InChI=1S/C8H12AsNO4.Na/c11-6-5-10-8-3-1-7(2-4-8)9(12,13)14;/h1-4,10-11H,5-6H2,(H2,12,13,14);/q;+1/p-1. The van der Waals surface area contributed by atoms with Crippen molar-refractivity contribution >= 4 is 24.2 Å². The van der Waals surface area contributed by atoms with Crippen LogP contribution in [0.4, 0.5) is 5.69 Å². The van der Waals surface area contributed by atoms with Crippen molar-refractivity contribution in [1.82, 2.24) is 0 Å². The summed E-state index contributed by atoms with van der Waals surface area (Å²) in [6, 6.07) is 5.72. The molecular weight excluding hydrogens is 272 g/mol. The normalized spacial score (nSPS) is 13.8. The summed E-state index contributed by atoms with van der Waals surface area (Å²) >= 11 is -4.99. The third-order valence-corrected chi connectivity index (χ3v) is 3.63. The summed E-state index contributed by atoms with van der Waals surface area (Å²) in [6.45, 7) is 0.407. The van der Waals surface area contributed by atoms with Crippen molar-refractivity contribution in [2.45, 2.75) is 0 Å². The zero-order valence-corrected chi connectivity index (χ0v) is 12.3. The Hall–Kier alpha value is 0.258. The molecular formula is C8H11AsNNaO4. The molecule has 7 heteroatoms. The minimum absolute atomic E-state index is 0. The maximum Gasteiger partial charge on any atom is 1.00 e. The zero-order chi connectivity index (χ0) is 10.6. The molecule has 0 saturated heterocycles. The topological polar surface area (TPSA) is 92.6 Å². The summed E-state index contributed by atoms with van der Waals surface area (Å²) in [5, 5.41) is 11.4. The van der Waals surface area contributed by atoms with Crippen molar-refractivity contribution in [1.29, 1.82) is 0 Å². The second kappa shape index (κ2) is 6.76. The van der Waals surface area contributed by atoms with E-state index in [1.807, 2.05) is 0 Å². The van der Waals surface area contributed by atoms with Crippen molar-refractivity contribution in [3.63, 3.8) is 0 Å². The molecule has 3 N–H and O–H groups in total. The summed E-state index contributed by atoms with van der Waals surface area (Å²) in [4.78, 5) is 0. The largest absolute Gasteiger partial charge is 1.00 e. The van der Waals surface area contributed by atoms with Crippen LogP contribution in [0.1, 0.15) is 0 Å². The SMILES string of the molecule is O=[As]([O-])(O)c1ccc(NCCO)cc1.[Na+]. The summed E-state index contributed by atoms with van der Waals surface area (Å²) in [5.41, 5.74) is 0.701. The van der Waals surface area contributed by atoms with Gasteiger partial charge in [0.1, 0.15) is 0 Å². The van der Waals surface area contributed by atoms with Gasteiger partial charge in [-0.15, -0.1) is 0 Å². The molecule has 0 aliphatic rings. The van der Waals surface area contributed by atoms with Crippen LogP contribution < -0.4 is 43.3 Å². The van der Waals surface area contributed by atoms with Gasteiger partial charge >= 0.3 is 114 Å². The maximum absolute atomic E-state index is 10.7. The Morgan fingerprint density at radius 1 is 1.33 bits per heavy atom. The van der Waals surface area contributed by atoms with E-state index < -0.39 is 14.2 Å². The number of aliphatic hydroxyl groups is 1. The van der Waals surface area contributed by atoms with Gasteiger partial charge in [-0.25, -0.2) is 0 Å². The molecule has 1 rings (SSSR count). The van der Waals surface area contributed by atoms with Gasteiger partial charge < -0.3 is 0 Å². The second-order valence-corrected chi connectivity index (χ2v) is 5.98. The Bertz CT molecular complexity index is 337. The van der Waals surface area contributed by atoms with Gasteiger partial charge in [0.2, 0.25) is 0 Å². The number of nitrogens with one attached hydrogen (secondary N) is 1. The van der Waals surface area contributed by atoms with Crippen LogP contribution >= 0.6 is 0 Å². The number of hydrogen-bond acceptors (Lipinski definition) is 4. The minimum atomic E-state index is -4.99. The van der Waals surface area contributed by atoms with Crippen molar-refractivity contribution < 1.29 is 46.6 Å². The van der Waals surface area contributed by atoms with Gasteiger partial charge in [0.05, 0.1) is 0 Å².